The number of H-pyrrole nitrogens is 1. The minimum Gasteiger partial charge on any atom is -0.497 e. The van der Waals surface area contributed by atoms with Crippen LogP contribution in [0.1, 0.15) is 23.1 Å². The molecule has 154 valence electrons. The Kier molecular flexibility index (Phi) is 5.57. The number of ether oxygens (including phenoxy) is 1. The van der Waals surface area contributed by atoms with Crippen LogP contribution in [0, 0.1) is 6.92 Å². The van der Waals surface area contributed by atoms with E-state index in [1.165, 1.54) is 10.9 Å². The number of fused-ring (bicyclic) bond motifs is 2. The Morgan fingerprint density at radius 2 is 1.97 bits per heavy atom. The molecule has 0 atom stereocenters. The predicted octanol–water partition coefficient (Wildman–Crippen LogP) is 3.88. The summed E-state index contributed by atoms with van der Waals surface area (Å²) in [4.78, 5) is 28.0. The quantitative estimate of drug-likeness (QED) is 0.458. The van der Waals surface area contributed by atoms with E-state index in [4.69, 9.17) is 9.15 Å². The first-order valence-corrected chi connectivity index (χ1v) is 9.99. The molecule has 0 radical (unpaired) electrons. The molecule has 0 saturated carbocycles. The molecule has 4 rings (SSSR count). The van der Waals surface area contributed by atoms with E-state index in [0.717, 1.165) is 22.9 Å². The molecule has 4 aromatic rings. The molecule has 0 saturated heterocycles. The molecule has 0 bridgehead atoms. The number of amides is 1. The molecule has 30 heavy (non-hydrogen) atoms. The Hall–Kier alpha value is -3.54. The maximum absolute atomic E-state index is 12.4. The number of benzene rings is 2. The van der Waals surface area contributed by atoms with Gasteiger partial charge in [0.05, 0.1) is 7.11 Å². The fourth-order valence-corrected chi connectivity index (χ4v) is 3.79. The largest absolute Gasteiger partial charge is 0.497 e. The number of aromatic amines is 1. The number of hydrogen-bond donors (Lipinski definition) is 2. The van der Waals surface area contributed by atoms with E-state index >= 15 is 0 Å². The lowest BCUT2D eigenvalue weighted by Gasteiger charge is -2.09. The number of nitrogens with one attached hydrogen (secondary N) is 2. The lowest BCUT2D eigenvalue weighted by molar-refractivity contribution is -0.121. The smallest absolute Gasteiger partial charge is 0.339 e. The molecular formula is C24H24N2O4. The first kappa shape index (κ1) is 19.8. The summed E-state index contributed by atoms with van der Waals surface area (Å²) in [7, 11) is 1.57. The normalized spacial score (nSPS) is 11.1. The van der Waals surface area contributed by atoms with Gasteiger partial charge in [0.15, 0.2) is 0 Å². The highest BCUT2D eigenvalue weighted by Gasteiger charge is 2.14. The summed E-state index contributed by atoms with van der Waals surface area (Å²) < 4.78 is 10.6. The number of methoxy groups -OCH3 is 1. The second kappa shape index (κ2) is 8.45. The number of rotatable bonds is 7. The van der Waals surface area contributed by atoms with E-state index in [1.54, 1.807) is 13.2 Å². The Balaban J connectivity index is 1.37. The molecule has 0 fully saturated rings. The fourth-order valence-electron chi connectivity index (χ4n) is 3.79. The Bertz CT molecular complexity index is 1270. The van der Waals surface area contributed by atoms with Crippen LogP contribution in [-0.4, -0.2) is 24.5 Å². The van der Waals surface area contributed by atoms with Crippen molar-refractivity contribution >= 4 is 27.8 Å². The van der Waals surface area contributed by atoms with Gasteiger partial charge >= 0.3 is 5.63 Å². The SMILES string of the molecule is COc1ccc2c(C)c(CCC(=O)NCCc3c[nH]c4ccccc34)c(=O)oc2c1. The standard InChI is InChI=1S/C24H24N2O4/c1-15-18-8-7-17(29-2)13-22(18)30-24(28)19(15)9-10-23(27)25-12-11-16-14-26-21-6-4-3-5-20(16)21/h3-8,13-14,26H,9-12H2,1-2H3,(H,25,27). The number of aromatic nitrogens is 1. The summed E-state index contributed by atoms with van der Waals surface area (Å²) in [5, 5.41) is 4.97. The lowest BCUT2D eigenvalue weighted by atomic mass is 10.0. The number of aryl methyl sites for hydroxylation is 1. The lowest BCUT2D eigenvalue weighted by Crippen LogP contribution is -2.26. The maximum Gasteiger partial charge on any atom is 0.339 e. The summed E-state index contributed by atoms with van der Waals surface area (Å²) >= 11 is 0. The van der Waals surface area contributed by atoms with Gasteiger partial charge in [-0.3, -0.25) is 4.79 Å². The molecule has 2 heterocycles. The highest BCUT2D eigenvalue weighted by molar-refractivity contribution is 5.84. The minimum atomic E-state index is -0.403. The number of carbonyl (C=O) groups excluding carboxylic acids is 1. The molecule has 2 N–H and O–H groups in total. The summed E-state index contributed by atoms with van der Waals surface area (Å²) in [6.45, 7) is 2.43. The van der Waals surface area contributed by atoms with Crippen LogP contribution in [0.4, 0.5) is 0 Å². The van der Waals surface area contributed by atoms with Crippen LogP contribution in [0.5, 0.6) is 5.75 Å². The van der Waals surface area contributed by atoms with Crippen molar-refractivity contribution in [1.82, 2.24) is 10.3 Å². The molecule has 0 aliphatic heterocycles. The van der Waals surface area contributed by atoms with Crippen molar-refractivity contribution in [1.29, 1.82) is 0 Å². The molecule has 0 aliphatic carbocycles. The third-order valence-corrected chi connectivity index (χ3v) is 5.49. The Morgan fingerprint density at radius 3 is 2.80 bits per heavy atom. The molecule has 1 amide bonds. The van der Waals surface area contributed by atoms with Gasteiger partial charge in [-0.2, -0.15) is 0 Å². The van der Waals surface area contributed by atoms with Crippen LogP contribution in [0.3, 0.4) is 0 Å². The summed E-state index contributed by atoms with van der Waals surface area (Å²) in [5.74, 6) is 0.552. The van der Waals surface area contributed by atoms with Crippen LogP contribution < -0.4 is 15.7 Å². The number of para-hydroxylation sites is 1. The van der Waals surface area contributed by atoms with Crippen molar-refractivity contribution in [2.75, 3.05) is 13.7 Å². The molecular weight excluding hydrogens is 380 g/mol. The van der Waals surface area contributed by atoms with E-state index in [-0.39, 0.29) is 12.3 Å². The van der Waals surface area contributed by atoms with Gasteiger partial charge in [-0.05, 0) is 49.1 Å². The van der Waals surface area contributed by atoms with Gasteiger partial charge in [-0.15, -0.1) is 0 Å². The van der Waals surface area contributed by atoms with Gasteiger partial charge in [0.2, 0.25) is 5.91 Å². The first-order chi connectivity index (χ1) is 14.6. The van der Waals surface area contributed by atoms with E-state index in [1.807, 2.05) is 43.5 Å². The van der Waals surface area contributed by atoms with Crippen molar-refractivity contribution in [3.8, 4) is 5.75 Å². The topological polar surface area (TPSA) is 84.3 Å². The van der Waals surface area contributed by atoms with Gasteiger partial charge in [-0.1, -0.05) is 18.2 Å². The second-order valence-electron chi connectivity index (χ2n) is 7.31. The van der Waals surface area contributed by atoms with E-state index in [2.05, 4.69) is 16.4 Å². The van der Waals surface area contributed by atoms with Crippen LogP contribution in [0.15, 0.2) is 57.9 Å². The van der Waals surface area contributed by atoms with E-state index in [0.29, 0.717) is 29.9 Å². The summed E-state index contributed by atoms with van der Waals surface area (Å²) in [5.41, 5.74) is 3.74. The Morgan fingerprint density at radius 1 is 1.13 bits per heavy atom. The highest BCUT2D eigenvalue weighted by Crippen LogP contribution is 2.24. The third kappa shape index (κ3) is 3.94. The monoisotopic (exact) mass is 404 g/mol. The van der Waals surface area contributed by atoms with Crippen LogP contribution >= 0.6 is 0 Å². The molecule has 2 aromatic heterocycles. The van der Waals surface area contributed by atoms with Gasteiger partial charge in [-0.25, -0.2) is 4.79 Å². The van der Waals surface area contributed by atoms with Crippen LogP contribution in [0.2, 0.25) is 0 Å². The maximum atomic E-state index is 12.4. The summed E-state index contributed by atoms with van der Waals surface area (Å²) in [6, 6.07) is 13.5. The molecule has 6 nitrogen and oxygen atoms in total. The van der Waals surface area contributed by atoms with Gasteiger partial charge in [0.1, 0.15) is 11.3 Å². The van der Waals surface area contributed by atoms with Crippen molar-refractivity contribution < 1.29 is 13.9 Å². The predicted molar refractivity (Wildman–Crippen MR) is 117 cm³/mol. The third-order valence-electron chi connectivity index (χ3n) is 5.49. The zero-order valence-corrected chi connectivity index (χ0v) is 17.1. The molecule has 0 unspecified atom stereocenters. The first-order valence-electron chi connectivity index (χ1n) is 9.99. The van der Waals surface area contributed by atoms with Crippen molar-refractivity contribution in [3.05, 3.63) is 75.8 Å². The molecule has 0 spiro atoms. The summed E-state index contributed by atoms with van der Waals surface area (Å²) in [6.07, 6.45) is 3.31. The zero-order chi connectivity index (χ0) is 21.1. The number of carbonyl (C=O) groups is 1. The van der Waals surface area contributed by atoms with Gasteiger partial charge < -0.3 is 19.5 Å². The molecule has 2 aromatic carbocycles. The van der Waals surface area contributed by atoms with Crippen molar-refractivity contribution in [2.45, 2.75) is 26.2 Å². The second-order valence-corrected chi connectivity index (χ2v) is 7.31. The van der Waals surface area contributed by atoms with E-state index in [9.17, 15) is 9.59 Å². The zero-order valence-electron chi connectivity index (χ0n) is 17.1. The average Bonchev–Trinajstić information content (AvgIpc) is 3.16. The Labute approximate surface area is 173 Å². The van der Waals surface area contributed by atoms with Crippen molar-refractivity contribution in [3.63, 3.8) is 0 Å². The van der Waals surface area contributed by atoms with E-state index < -0.39 is 5.63 Å². The fraction of sp³-hybridized carbons (Fsp3) is 0.250. The average molecular weight is 404 g/mol. The van der Waals surface area contributed by atoms with Gasteiger partial charge in [0.25, 0.3) is 0 Å². The minimum absolute atomic E-state index is 0.0801. The van der Waals surface area contributed by atoms with Crippen LogP contribution in [0.25, 0.3) is 21.9 Å². The number of hydrogen-bond acceptors (Lipinski definition) is 4. The van der Waals surface area contributed by atoms with Crippen molar-refractivity contribution in [2.24, 2.45) is 0 Å². The van der Waals surface area contributed by atoms with Gasteiger partial charge in [0, 0.05) is 47.1 Å². The molecule has 0 aliphatic rings. The highest BCUT2D eigenvalue weighted by atomic mass is 16.5. The molecule has 6 heteroatoms. The van der Waals surface area contributed by atoms with Crippen LogP contribution in [-0.2, 0) is 17.6 Å².